The molecule has 0 bridgehead atoms. The third-order valence-electron chi connectivity index (χ3n) is 6.44. The highest BCUT2D eigenvalue weighted by molar-refractivity contribution is 5.86. The molecule has 5 aromatic rings. The van der Waals surface area contributed by atoms with Crippen LogP contribution in [-0.2, 0) is 0 Å². The summed E-state index contributed by atoms with van der Waals surface area (Å²) in [7, 11) is 0. The molecule has 1 saturated heterocycles. The monoisotopic (exact) mass is 453 g/mol. The summed E-state index contributed by atoms with van der Waals surface area (Å²) in [6.07, 6.45) is 6.64. The molecule has 0 radical (unpaired) electrons. The van der Waals surface area contributed by atoms with E-state index in [-0.39, 0.29) is 0 Å². The minimum atomic E-state index is -1.04. The maximum Gasteiger partial charge on any atom is 0.149 e. The molecular weight excluding hydrogens is 429 g/mol. The van der Waals surface area contributed by atoms with Crippen molar-refractivity contribution in [2.75, 3.05) is 13.1 Å². The van der Waals surface area contributed by atoms with Crippen LogP contribution in [0.25, 0.3) is 39.1 Å². The van der Waals surface area contributed by atoms with Gasteiger partial charge in [0, 0.05) is 36.1 Å². The van der Waals surface area contributed by atoms with Crippen molar-refractivity contribution in [3.63, 3.8) is 0 Å². The molecule has 2 unspecified atom stereocenters. The molecule has 6 nitrogen and oxygen atoms in total. The molecule has 1 N–H and O–H groups in total. The minimum Gasteiger partial charge on any atom is -0.485 e. The molecule has 34 heavy (non-hydrogen) atoms. The second-order valence-electron chi connectivity index (χ2n) is 8.67. The summed E-state index contributed by atoms with van der Waals surface area (Å²) >= 11 is 0. The van der Waals surface area contributed by atoms with Crippen LogP contribution in [-0.4, -0.2) is 44.7 Å². The molecule has 0 amide bonds. The molecule has 7 heteroatoms. The van der Waals surface area contributed by atoms with Crippen molar-refractivity contribution in [2.45, 2.75) is 25.6 Å². The first-order valence-electron chi connectivity index (χ1n) is 11.5. The number of aromatic nitrogens is 4. The Morgan fingerprint density at radius 3 is 2.94 bits per heavy atom. The van der Waals surface area contributed by atoms with Crippen molar-refractivity contribution in [3.05, 3.63) is 78.9 Å². The van der Waals surface area contributed by atoms with Gasteiger partial charge < -0.3 is 10.1 Å². The summed E-state index contributed by atoms with van der Waals surface area (Å²) in [4.78, 5) is 13.8. The fraction of sp³-hybridized carbons (Fsp3) is 0.222. The fourth-order valence-corrected chi connectivity index (χ4v) is 4.55. The van der Waals surface area contributed by atoms with Crippen molar-refractivity contribution in [3.8, 4) is 28.3 Å². The first kappa shape index (κ1) is 20.7. The third kappa shape index (κ3) is 3.68. The standard InChI is InChI=1S/C27H24FN5O/c1-17-7-10-29-14-20(17)19-9-12-33-23(16-31-26(33)13-19)22-6-5-18-3-2-4-25(27(18)32-22)34-24-8-11-30-15-21(24)28/h2-7,9-10,12-14,16,21,24,30H,8,11,15H2,1H3. The summed E-state index contributed by atoms with van der Waals surface area (Å²) in [6.45, 7) is 3.14. The first-order chi connectivity index (χ1) is 16.7. The topological polar surface area (TPSA) is 64.3 Å². The highest BCUT2D eigenvalue weighted by Gasteiger charge is 2.27. The fourth-order valence-electron chi connectivity index (χ4n) is 4.55. The Bertz CT molecular complexity index is 1500. The minimum absolute atomic E-state index is 0.316. The number of alkyl halides is 1. The maximum absolute atomic E-state index is 14.4. The number of pyridine rings is 3. The summed E-state index contributed by atoms with van der Waals surface area (Å²) in [5.74, 6) is 0.608. The van der Waals surface area contributed by atoms with E-state index in [4.69, 9.17) is 9.72 Å². The number of fused-ring (bicyclic) bond motifs is 2. The van der Waals surface area contributed by atoms with Gasteiger partial charge in [0.1, 0.15) is 29.2 Å². The van der Waals surface area contributed by atoms with Crippen LogP contribution in [0.3, 0.4) is 0 Å². The molecule has 170 valence electrons. The van der Waals surface area contributed by atoms with E-state index in [0.717, 1.165) is 45.6 Å². The van der Waals surface area contributed by atoms with Gasteiger partial charge in [0.25, 0.3) is 0 Å². The van der Waals surface area contributed by atoms with Gasteiger partial charge in [-0.25, -0.2) is 14.4 Å². The smallest absolute Gasteiger partial charge is 0.149 e. The van der Waals surface area contributed by atoms with Crippen LogP contribution in [0.15, 0.2) is 73.3 Å². The SMILES string of the molecule is Cc1ccncc1-c1ccn2c(-c3ccc4cccc(OC5CCNCC5F)c4n3)cnc2c1. The number of imidazole rings is 1. The first-order valence-corrected chi connectivity index (χ1v) is 11.5. The lowest BCUT2D eigenvalue weighted by Gasteiger charge is -2.27. The molecule has 0 spiro atoms. The van der Waals surface area contributed by atoms with E-state index in [1.807, 2.05) is 59.4 Å². The van der Waals surface area contributed by atoms with Crippen LogP contribution in [0.5, 0.6) is 5.75 Å². The Morgan fingerprint density at radius 2 is 2.06 bits per heavy atom. The van der Waals surface area contributed by atoms with Crippen LogP contribution < -0.4 is 10.1 Å². The number of aryl methyl sites for hydroxylation is 1. The second kappa shape index (κ2) is 8.50. The van der Waals surface area contributed by atoms with Crippen molar-refractivity contribution in [2.24, 2.45) is 0 Å². The Morgan fingerprint density at radius 1 is 1.12 bits per heavy atom. The van der Waals surface area contributed by atoms with Gasteiger partial charge in [-0.15, -0.1) is 0 Å². The lowest BCUT2D eigenvalue weighted by atomic mass is 10.0. The largest absolute Gasteiger partial charge is 0.485 e. The van der Waals surface area contributed by atoms with Gasteiger partial charge in [-0.2, -0.15) is 0 Å². The third-order valence-corrected chi connectivity index (χ3v) is 6.44. The van der Waals surface area contributed by atoms with Gasteiger partial charge >= 0.3 is 0 Å². The van der Waals surface area contributed by atoms with E-state index < -0.39 is 12.3 Å². The highest BCUT2D eigenvalue weighted by Crippen LogP contribution is 2.31. The second-order valence-corrected chi connectivity index (χ2v) is 8.67. The van der Waals surface area contributed by atoms with Crippen molar-refractivity contribution >= 4 is 16.6 Å². The number of nitrogens with zero attached hydrogens (tertiary/aromatic N) is 4. The van der Waals surface area contributed by atoms with Gasteiger partial charge in [-0.05, 0) is 61.3 Å². The summed E-state index contributed by atoms with van der Waals surface area (Å²) < 4.78 is 22.5. The zero-order chi connectivity index (χ0) is 23.1. The Kier molecular flexibility index (Phi) is 5.19. The Labute approximate surface area is 196 Å². The molecule has 2 atom stereocenters. The van der Waals surface area contributed by atoms with Gasteiger partial charge in [0.15, 0.2) is 0 Å². The van der Waals surface area contributed by atoms with Crippen LogP contribution in [0, 0.1) is 6.92 Å². The molecular formula is C27H24FN5O. The molecule has 1 aromatic carbocycles. The average molecular weight is 454 g/mol. The molecule has 1 aliphatic heterocycles. The predicted octanol–water partition coefficient (Wildman–Crippen LogP) is 5.00. The maximum atomic E-state index is 14.4. The molecule has 4 aromatic heterocycles. The van der Waals surface area contributed by atoms with Crippen LogP contribution in [0.4, 0.5) is 4.39 Å². The van der Waals surface area contributed by atoms with E-state index in [9.17, 15) is 4.39 Å². The number of nitrogens with one attached hydrogen (secondary N) is 1. The number of para-hydroxylation sites is 1. The van der Waals surface area contributed by atoms with Crippen LogP contribution in [0.1, 0.15) is 12.0 Å². The predicted molar refractivity (Wildman–Crippen MR) is 131 cm³/mol. The molecule has 5 heterocycles. The number of benzene rings is 1. The van der Waals surface area contributed by atoms with Crippen molar-refractivity contribution in [1.29, 1.82) is 0 Å². The average Bonchev–Trinajstić information content (AvgIpc) is 3.29. The molecule has 0 saturated carbocycles. The number of piperidine rings is 1. The lowest BCUT2D eigenvalue weighted by Crippen LogP contribution is -2.44. The lowest BCUT2D eigenvalue weighted by molar-refractivity contribution is 0.0743. The number of ether oxygens (including phenoxy) is 1. The van der Waals surface area contributed by atoms with Crippen LogP contribution in [0.2, 0.25) is 0 Å². The quantitative estimate of drug-likeness (QED) is 0.415. The molecule has 1 fully saturated rings. The number of halogens is 1. The van der Waals surface area contributed by atoms with E-state index in [1.54, 1.807) is 6.20 Å². The number of hydrogen-bond donors (Lipinski definition) is 1. The Hall–Kier alpha value is -3.84. The van der Waals surface area contributed by atoms with Gasteiger partial charge in [-0.3, -0.25) is 9.38 Å². The van der Waals surface area contributed by atoms with E-state index in [2.05, 4.69) is 34.3 Å². The molecule has 1 aliphatic rings. The summed E-state index contributed by atoms with van der Waals surface area (Å²) in [6, 6.07) is 15.9. The van der Waals surface area contributed by atoms with Crippen molar-refractivity contribution in [1.82, 2.24) is 24.7 Å². The van der Waals surface area contributed by atoms with E-state index in [1.165, 1.54) is 5.56 Å². The molecule has 0 aliphatic carbocycles. The highest BCUT2D eigenvalue weighted by atomic mass is 19.1. The van der Waals surface area contributed by atoms with Gasteiger partial charge in [0.05, 0.1) is 17.6 Å². The van der Waals surface area contributed by atoms with Crippen LogP contribution >= 0.6 is 0 Å². The normalized spacial score (nSPS) is 18.4. The summed E-state index contributed by atoms with van der Waals surface area (Å²) in [5, 5.41) is 4.02. The number of hydrogen-bond acceptors (Lipinski definition) is 5. The van der Waals surface area contributed by atoms with Gasteiger partial charge in [-0.1, -0.05) is 18.2 Å². The van der Waals surface area contributed by atoms with E-state index in [0.29, 0.717) is 18.7 Å². The zero-order valence-electron chi connectivity index (χ0n) is 18.8. The summed E-state index contributed by atoms with van der Waals surface area (Å²) in [5.41, 5.74) is 6.54. The Balaban J connectivity index is 1.39. The van der Waals surface area contributed by atoms with Gasteiger partial charge in [0.2, 0.25) is 0 Å². The zero-order valence-corrected chi connectivity index (χ0v) is 18.8. The van der Waals surface area contributed by atoms with Crippen molar-refractivity contribution < 1.29 is 9.13 Å². The van der Waals surface area contributed by atoms with E-state index >= 15 is 0 Å². The molecule has 6 rings (SSSR count). The number of rotatable bonds is 4.